The highest BCUT2D eigenvalue weighted by molar-refractivity contribution is 7.24. The lowest BCUT2D eigenvalue weighted by Gasteiger charge is -2.06. The van der Waals surface area contributed by atoms with Crippen LogP contribution in [0.5, 0.6) is 5.75 Å². The molecule has 1 aromatic heterocycles. The highest BCUT2D eigenvalue weighted by Crippen LogP contribution is 2.32. The molecular weight excluding hydrogens is 280 g/mol. The Balaban J connectivity index is 2.56. The molecule has 0 bridgehead atoms. The second-order valence-corrected chi connectivity index (χ2v) is 5.82. The van der Waals surface area contributed by atoms with Gasteiger partial charge in [0, 0.05) is 14.8 Å². The molecule has 0 aliphatic carbocycles. The molecule has 0 fully saturated rings. The molecule has 0 amide bonds. The van der Waals surface area contributed by atoms with Crippen LogP contribution >= 0.6 is 22.9 Å². The van der Waals surface area contributed by atoms with Crippen molar-refractivity contribution in [1.82, 2.24) is 0 Å². The van der Waals surface area contributed by atoms with Gasteiger partial charge < -0.3 is 4.74 Å². The summed E-state index contributed by atoms with van der Waals surface area (Å²) >= 11 is 7.75. The van der Waals surface area contributed by atoms with E-state index in [1.807, 2.05) is 19.1 Å². The van der Waals surface area contributed by atoms with E-state index in [4.69, 9.17) is 16.3 Å². The van der Waals surface area contributed by atoms with Crippen LogP contribution in [0, 0.1) is 6.92 Å². The van der Waals surface area contributed by atoms with Crippen molar-refractivity contribution in [2.75, 3.05) is 7.11 Å². The molecule has 0 aliphatic heterocycles. The van der Waals surface area contributed by atoms with E-state index in [1.54, 1.807) is 36.6 Å². The molecule has 0 aliphatic rings. The second-order valence-electron chi connectivity index (χ2n) is 4.36. The average Bonchev–Trinajstić information content (AvgIpc) is 2.42. The Labute approximate surface area is 119 Å². The van der Waals surface area contributed by atoms with Crippen LogP contribution in [-0.2, 0) is 0 Å². The predicted octanol–water partition coefficient (Wildman–Crippen LogP) is 4.39. The zero-order valence-electron chi connectivity index (χ0n) is 10.5. The Morgan fingerprint density at radius 3 is 2.74 bits per heavy atom. The summed E-state index contributed by atoms with van der Waals surface area (Å²) in [5, 5.41) is 1.81. The molecule has 3 rings (SSSR count). The largest absolute Gasteiger partial charge is 0.497 e. The summed E-state index contributed by atoms with van der Waals surface area (Å²) in [7, 11) is 1.62. The summed E-state index contributed by atoms with van der Waals surface area (Å²) in [5.74, 6) is 0.752. The number of hydrogen-bond acceptors (Lipinski definition) is 3. The fourth-order valence-corrected chi connectivity index (χ4v) is 3.65. The first kappa shape index (κ1) is 12.5. The van der Waals surface area contributed by atoms with Gasteiger partial charge in [0.25, 0.3) is 0 Å². The molecule has 2 aromatic carbocycles. The number of methoxy groups -OCH3 is 1. The second kappa shape index (κ2) is 4.51. The normalized spacial score (nSPS) is 11.1. The molecule has 0 unspecified atom stereocenters. The Hall–Kier alpha value is -1.58. The summed E-state index contributed by atoms with van der Waals surface area (Å²) in [4.78, 5) is 12.5. The van der Waals surface area contributed by atoms with E-state index >= 15 is 0 Å². The van der Waals surface area contributed by atoms with E-state index < -0.39 is 0 Å². The van der Waals surface area contributed by atoms with E-state index in [9.17, 15) is 4.79 Å². The molecule has 0 radical (unpaired) electrons. The molecule has 3 aromatic rings. The molecule has 2 nitrogen and oxygen atoms in total. The van der Waals surface area contributed by atoms with Crippen molar-refractivity contribution in [3.63, 3.8) is 0 Å². The summed E-state index contributed by atoms with van der Waals surface area (Å²) in [5.41, 5.74) is 1.05. The summed E-state index contributed by atoms with van der Waals surface area (Å²) in [6.07, 6.45) is 0. The van der Waals surface area contributed by atoms with Gasteiger partial charge in [-0.05, 0) is 36.8 Å². The fraction of sp³-hybridized carbons (Fsp3) is 0.133. The van der Waals surface area contributed by atoms with Crippen LogP contribution in [-0.4, -0.2) is 7.11 Å². The minimum Gasteiger partial charge on any atom is -0.497 e. The monoisotopic (exact) mass is 290 g/mol. The first-order valence-corrected chi connectivity index (χ1v) is 7.01. The van der Waals surface area contributed by atoms with Crippen LogP contribution in [0.3, 0.4) is 0 Å². The molecule has 0 saturated heterocycles. The number of hydrogen-bond donors (Lipinski definition) is 0. The maximum absolute atomic E-state index is 12.5. The smallest absolute Gasteiger partial charge is 0.197 e. The number of aryl methyl sites for hydroxylation is 1. The molecule has 1 heterocycles. The van der Waals surface area contributed by atoms with Crippen molar-refractivity contribution in [2.24, 2.45) is 0 Å². The van der Waals surface area contributed by atoms with Crippen molar-refractivity contribution in [2.45, 2.75) is 6.92 Å². The number of halogens is 1. The van der Waals surface area contributed by atoms with Crippen molar-refractivity contribution in [1.29, 1.82) is 0 Å². The summed E-state index contributed by atoms with van der Waals surface area (Å²) < 4.78 is 7.07. The zero-order chi connectivity index (χ0) is 13.6. The van der Waals surface area contributed by atoms with Gasteiger partial charge in [-0.25, -0.2) is 0 Å². The molecule has 0 atom stereocenters. The lowest BCUT2D eigenvalue weighted by molar-refractivity contribution is 0.415. The SMILES string of the molecule is COc1ccc2c(=O)c3c(Cl)ccc(C)c3sc2c1. The highest BCUT2D eigenvalue weighted by Gasteiger charge is 2.11. The number of rotatable bonds is 1. The molecular formula is C15H11ClO2S. The van der Waals surface area contributed by atoms with Crippen molar-refractivity contribution >= 4 is 43.1 Å². The van der Waals surface area contributed by atoms with Crippen LogP contribution in [0.1, 0.15) is 5.56 Å². The van der Waals surface area contributed by atoms with Gasteiger partial charge in [-0.1, -0.05) is 17.7 Å². The van der Waals surface area contributed by atoms with E-state index in [1.165, 1.54) is 0 Å². The predicted molar refractivity (Wildman–Crippen MR) is 81.9 cm³/mol. The Kier molecular flexibility index (Phi) is 2.96. The molecule has 0 spiro atoms. The van der Waals surface area contributed by atoms with Crippen LogP contribution in [0.15, 0.2) is 35.1 Å². The van der Waals surface area contributed by atoms with Crippen LogP contribution in [0.25, 0.3) is 20.2 Å². The Morgan fingerprint density at radius 1 is 1.21 bits per heavy atom. The maximum Gasteiger partial charge on any atom is 0.197 e. The van der Waals surface area contributed by atoms with E-state index in [0.717, 1.165) is 20.7 Å². The summed E-state index contributed by atoms with van der Waals surface area (Å²) in [6, 6.07) is 9.20. The van der Waals surface area contributed by atoms with Gasteiger partial charge in [0.2, 0.25) is 0 Å². The number of ether oxygens (including phenoxy) is 1. The number of fused-ring (bicyclic) bond motifs is 2. The van der Waals surface area contributed by atoms with Gasteiger partial charge >= 0.3 is 0 Å². The van der Waals surface area contributed by atoms with E-state index in [-0.39, 0.29) is 5.43 Å². The standard InChI is InChI=1S/C15H11ClO2S/c1-8-3-6-11(16)13-14(17)10-5-4-9(18-2)7-12(10)19-15(8)13/h3-7H,1-2H3. The van der Waals surface area contributed by atoms with Gasteiger partial charge in [-0.15, -0.1) is 11.3 Å². The van der Waals surface area contributed by atoms with Gasteiger partial charge in [-0.3, -0.25) is 4.79 Å². The Morgan fingerprint density at radius 2 is 2.00 bits per heavy atom. The third kappa shape index (κ3) is 1.90. The first-order chi connectivity index (χ1) is 9.11. The maximum atomic E-state index is 12.5. The van der Waals surface area contributed by atoms with E-state index in [2.05, 4.69) is 0 Å². The third-order valence-electron chi connectivity index (χ3n) is 3.18. The van der Waals surface area contributed by atoms with E-state index in [0.29, 0.717) is 15.8 Å². The molecule has 0 N–H and O–H groups in total. The molecule has 19 heavy (non-hydrogen) atoms. The highest BCUT2D eigenvalue weighted by atomic mass is 35.5. The quantitative estimate of drug-likeness (QED) is 0.622. The first-order valence-electron chi connectivity index (χ1n) is 5.81. The minimum atomic E-state index is -0.0138. The minimum absolute atomic E-state index is 0.0138. The zero-order valence-corrected chi connectivity index (χ0v) is 12.1. The van der Waals surface area contributed by atoms with Gasteiger partial charge in [0.15, 0.2) is 5.43 Å². The molecule has 4 heteroatoms. The fourth-order valence-electron chi connectivity index (χ4n) is 2.15. The molecule has 0 saturated carbocycles. The van der Waals surface area contributed by atoms with Crippen LogP contribution in [0.4, 0.5) is 0 Å². The topological polar surface area (TPSA) is 26.3 Å². The van der Waals surface area contributed by atoms with Gasteiger partial charge in [0.05, 0.1) is 17.5 Å². The Bertz CT molecular complexity index is 852. The molecule has 96 valence electrons. The van der Waals surface area contributed by atoms with Crippen molar-refractivity contribution < 1.29 is 4.74 Å². The van der Waals surface area contributed by atoms with Gasteiger partial charge in [0.1, 0.15) is 5.75 Å². The average molecular weight is 291 g/mol. The number of benzene rings is 2. The summed E-state index contributed by atoms with van der Waals surface area (Å²) in [6.45, 7) is 1.99. The lowest BCUT2D eigenvalue weighted by Crippen LogP contribution is -2.02. The van der Waals surface area contributed by atoms with Crippen molar-refractivity contribution in [3.8, 4) is 5.75 Å². The van der Waals surface area contributed by atoms with Crippen LogP contribution < -0.4 is 10.2 Å². The van der Waals surface area contributed by atoms with Crippen molar-refractivity contribution in [3.05, 3.63) is 51.1 Å². The van der Waals surface area contributed by atoms with Gasteiger partial charge in [-0.2, -0.15) is 0 Å². The third-order valence-corrected chi connectivity index (χ3v) is 4.78. The van der Waals surface area contributed by atoms with Crippen LogP contribution in [0.2, 0.25) is 5.02 Å². The lowest BCUT2D eigenvalue weighted by atomic mass is 10.1.